The van der Waals surface area contributed by atoms with Gasteiger partial charge in [0.1, 0.15) is 5.82 Å². The van der Waals surface area contributed by atoms with E-state index in [1.54, 1.807) is 18.2 Å². The molecular formula is C19H13ClFNO. The molecule has 0 bridgehead atoms. The van der Waals surface area contributed by atoms with Gasteiger partial charge in [-0.05, 0) is 28.6 Å². The maximum absolute atomic E-state index is 14.2. The summed E-state index contributed by atoms with van der Waals surface area (Å²) < 4.78 is 14.2. The van der Waals surface area contributed by atoms with Crippen molar-refractivity contribution in [2.45, 2.75) is 12.5 Å². The lowest BCUT2D eigenvalue weighted by atomic mass is 9.87. The molecule has 1 heterocycles. The lowest BCUT2D eigenvalue weighted by Gasteiger charge is -2.28. The Hall–Kier alpha value is -2.39. The molecule has 1 unspecified atom stereocenters. The first-order valence-corrected chi connectivity index (χ1v) is 7.77. The normalized spacial score (nSPS) is 17.0. The summed E-state index contributed by atoms with van der Waals surface area (Å²) in [6.07, 6.45) is 0.212. The van der Waals surface area contributed by atoms with Crippen molar-refractivity contribution in [3.8, 4) is 0 Å². The van der Waals surface area contributed by atoms with Gasteiger partial charge >= 0.3 is 0 Å². The van der Waals surface area contributed by atoms with Crippen LogP contribution in [0.4, 0.5) is 4.39 Å². The minimum absolute atomic E-state index is 0.150. The number of amides is 1. The highest BCUT2D eigenvalue weighted by atomic mass is 35.5. The van der Waals surface area contributed by atoms with E-state index in [1.807, 2.05) is 30.3 Å². The molecule has 0 spiro atoms. The molecule has 1 aliphatic rings. The predicted octanol–water partition coefficient (Wildman–Crippen LogP) is 4.39. The second-order valence-corrected chi connectivity index (χ2v) is 6.06. The summed E-state index contributed by atoms with van der Waals surface area (Å²) in [4.78, 5) is 12.1. The summed E-state index contributed by atoms with van der Waals surface area (Å²) in [7, 11) is 0. The smallest absolute Gasteiger partial charge is 0.225 e. The second-order valence-electron chi connectivity index (χ2n) is 5.68. The Morgan fingerprint density at radius 3 is 2.61 bits per heavy atom. The second kappa shape index (κ2) is 5.36. The Labute approximate surface area is 137 Å². The molecule has 1 atom stereocenters. The molecule has 1 amide bonds. The van der Waals surface area contributed by atoms with E-state index in [1.165, 1.54) is 6.07 Å². The fourth-order valence-electron chi connectivity index (χ4n) is 3.21. The van der Waals surface area contributed by atoms with Crippen molar-refractivity contribution >= 4 is 28.3 Å². The lowest BCUT2D eigenvalue weighted by Crippen LogP contribution is -2.36. The minimum Gasteiger partial charge on any atom is -0.345 e. The molecule has 4 heteroatoms. The van der Waals surface area contributed by atoms with Gasteiger partial charge in [-0.25, -0.2) is 4.39 Å². The molecule has 114 valence electrons. The van der Waals surface area contributed by atoms with E-state index in [9.17, 15) is 9.18 Å². The first kappa shape index (κ1) is 14.2. The molecule has 1 aliphatic heterocycles. The van der Waals surface area contributed by atoms with Crippen LogP contribution in [-0.4, -0.2) is 5.91 Å². The average molecular weight is 326 g/mol. The molecule has 3 aromatic rings. The van der Waals surface area contributed by atoms with E-state index >= 15 is 0 Å². The quantitative estimate of drug-likeness (QED) is 0.706. The molecule has 2 nitrogen and oxygen atoms in total. The number of hydrogen-bond donors (Lipinski definition) is 1. The van der Waals surface area contributed by atoms with Crippen molar-refractivity contribution in [3.05, 3.63) is 82.1 Å². The fourth-order valence-corrected chi connectivity index (χ4v) is 3.56. The molecule has 1 N–H and O–H groups in total. The van der Waals surface area contributed by atoms with E-state index < -0.39 is 6.04 Å². The van der Waals surface area contributed by atoms with Crippen LogP contribution in [0.15, 0.2) is 54.6 Å². The molecule has 0 aromatic heterocycles. The summed E-state index contributed by atoms with van der Waals surface area (Å²) in [5.74, 6) is -0.488. The number of rotatable bonds is 1. The number of carbonyl (C=O) groups excluding carboxylic acids is 1. The zero-order chi connectivity index (χ0) is 16.0. The summed E-state index contributed by atoms with van der Waals surface area (Å²) >= 11 is 6.54. The number of hydrogen-bond acceptors (Lipinski definition) is 1. The topological polar surface area (TPSA) is 29.1 Å². The maximum atomic E-state index is 14.2. The summed E-state index contributed by atoms with van der Waals surface area (Å²) in [5.41, 5.74) is 2.09. The zero-order valence-electron chi connectivity index (χ0n) is 12.1. The van der Waals surface area contributed by atoms with Gasteiger partial charge in [0.05, 0.1) is 17.5 Å². The Morgan fingerprint density at radius 2 is 1.78 bits per heavy atom. The van der Waals surface area contributed by atoms with Crippen molar-refractivity contribution in [3.63, 3.8) is 0 Å². The number of fused-ring (bicyclic) bond motifs is 2. The molecule has 4 rings (SSSR count). The average Bonchev–Trinajstić information content (AvgIpc) is 2.56. The Kier molecular flexibility index (Phi) is 3.31. The lowest BCUT2D eigenvalue weighted by molar-refractivity contribution is -0.121. The SMILES string of the molecule is O=C1Cc2c(cc3ccccc3c2Cl)C(c2ccccc2F)N1. The van der Waals surface area contributed by atoms with Crippen LogP contribution in [0.3, 0.4) is 0 Å². The number of carbonyl (C=O) groups is 1. The van der Waals surface area contributed by atoms with Crippen molar-refractivity contribution in [2.75, 3.05) is 0 Å². The van der Waals surface area contributed by atoms with Gasteiger partial charge in [0, 0.05) is 10.9 Å². The number of halogens is 2. The monoisotopic (exact) mass is 325 g/mol. The van der Waals surface area contributed by atoms with Crippen molar-refractivity contribution in [2.24, 2.45) is 0 Å². The van der Waals surface area contributed by atoms with Crippen LogP contribution in [0, 0.1) is 5.82 Å². The highest BCUT2D eigenvalue weighted by Crippen LogP contribution is 2.38. The van der Waals surface area contributed by atoms with Crippen LogP contribution in [-0.2, 0) is 11.2 Å². The van der Waals surface area contributed by atoms with Gasteiger partial charge in [-0.2, -0.15) is 0 Å². The molecular weight excluding hydrogens is 313 g/mol. The maximum Gasteiger partial charge on any atom is 0.225 e. The Morgan fingerprint density at radius 1 is 1.04 bits per heavy atom. The third-order valence-corrected chi connectivity index (χ3v) is 4.72. The van der Waals surface area contributed by atoms with Crippen LogP contribution in [0.5, 0.6) is 0 Å². The predicted molar refractivity (Wildman–Crippen MR) is 89.0 cm³/mol. The minimum atomic E-state index is -0.519. The fraction of sp³-hybridized carbons (Fsp3) is 0.105. The van der Waals surface area contributed by atoms with Crippen LogP contribution < -0.4 is 5.32 Å². The molecule has 0 saturated heterocycles. The standard InChI is InChI=1S/C19H13ClFNO/c20-18-12-6-2-1-5-11(12)9-15-14(18)10-17(23)22-19(15)13-7-3-4-8-16(13)21/h1-9,19H,10H2,(H,22,23). The molecule has 0 radical (unpaired) electrons. The van der Waals surface area contributed by atoms with Gasteiger partial charge in [-0.3, -0.25) is 4.79 Å². The first-order valence-electron chi connectivity index (χ1n) is 7.39. The largest absolute Gasteiger partial charge is 0.345 e. The third-order valence-electron chi connectivity index (χ3n) is 4.29. The van der Waals surface area contributed by atoms with Gasteiger partial charge in [0.15, 0.2) is 0 Å². The molecule has 3 aromatic carbocycles. The van der Waals surface area contributed by atoms with E-state index in [-0.39, 0.29) is 18.1 Å². The van der Waals surface area contributed by atoms with E-state index in [2.05, 4.69) is 5.32 Å². The van der Waals surface area contributed by atoms with Gasteiger partial charge < -0.3 is 5.32 Å². The van der Waals surface area contributed by atoms with Crippen molar-refractivity contribution in [1.82, 2.24) is 5.32 Å². The molecule has 0 saturated carbocycles. The zero-order valence-corrected chi connectivity index (χ0v) is 12.9. The summed E-state index contributed by atoms with van der Waals surface area (Å²) in [6, 6.07) is 15.7. The number of benzene rings is 3. The first-order chi connectivity index (χ1) is 11.1. The van der Waals surface area contributed by atoms with E-state index in [4.69, 9.17) is 11.6 Å². The van der Waals surface area contributed by atoms with Crippen LogP contribution in [0.25, 0.3) is 10.8 Å². The Balaban J connectivity index is 2.00. The molecule has 0 aliphatic carbocycles. The summed E-state index contributed by atoms with van der Waals surface area (Å²) in [6.45, 7) is 0. The molecule has 0 fully saturated rings. The van der Waals surface area contributed by atoms with Crippen LogP contribution in [0.2, 0.25) is 5.02 Å². The van der Waals surface area contributed by atoms with Gasteiger partial charge in [-0.1, -0.05) is 54.1 Å². The van der Waals surface area contributed by atoms with Crippen molar-refractivity contribution in [1.29, 1.82) is 0 Å². The Bertz CT molecular complexity index is 938. The van der Waals surface area contributed by atoms with Crippen LogP contribution >= 0.6 is 11.6 Å². The highest BCUT2D eigenvalue weighted by molar-refractivity contribution is 6.36. The van der Waals surface area contributed by atoms with Gasteiger partial charge in [0.25, 0.3) is 0 Å². The van der Waals surface area contributed by atoms with Crippen molar-refractivity contribution < 1.29 is 9.18 Å². The highest BCUT2D eigenvalue weighted by Gasteiger charge is 2.29. The van der Waals surface area contributed by atoms with Crippen LogP contribution in [0.1, 0.15) is 22.7 Å². The number of nitrogens with one attached hydrogen (secondary N) is 1. The summed E-state index contributed by atoms with van der Waals surface area (Å²) in [5, 5.41) is 5.35. The third kappa shape index (κ3) is 2.28. The van der Waals surface area contributed by atoms with Gasteiger partial charge in [0.2, 0.25) is 5.91 Å². The van der Waals surface area contributed by atoms with E-state index in [0.717, 1.165) is 21.9 Å². The molecule has 23 heavy (non-hydrogen) atoms. The van der Waals surface area contributed by atoms with E-state index in [0.29, 0.717) is 10.6 Å². The van der Waals surface area contributed by atoms with Gasteiger partial charge in [-0.15, -0.1) is 0 Å².